The summed E-state index contributed by atoms with van der Waals surface area (Å²) in [7, 11) is 0. The first-order valence-electron chi connectivity index (χ1n) is 7.60. The number of rotatable bonds is 2. The second kappa shape index (κ2) is 5.93. The molecule has 0 saturated carbocycles. The lowest BCUT2D eigenvalue weighted by Crippen LogP contribution is -2.10. The van der Waals surface area contributed by atoms with E-state index in [9.17, 15) is 19.8 Å². The number of aromatic carboxylic acids is 1. The molecule has 1 heterocycles. The Morgan fingerprint density at radius 3 is 2.24 bits per heavy atom. The lowest BCUT2D eigenvalue weighted by Gasteiger charge is -2.12. The molecular weight excluding hydrogens is 342 g/mol. The second-order valence-electron chi connectivity index (χ2n) is 6.10. The minimum absolute atomic E-state index is 0.00942. The molecule has 0 fully saturated rings. The van der Waals surface area contributed by atoms with E-state index in [0.717, 1.165) is 16.7 Å². The number of hydrogen-bond donors (Lipinski definition) is 3. The molecule has 0 aliphatic heterocycles. The smallest absolute Gasteiger partial charge is 0.337 e. The van der Waals surface area contributed by atoms with Crippen LogP contribution in [0.25, 0.3) is 22.0 Å². The first kappa shape index (κ1) is 17.0. The standard InChI is InChI=1S/C19H16ClNO4/c1-8-4-11(5-9(2)10(8)3)16-17(22)13-6-12(19(24)25)14(20)7-15(13)21-18(16)23/h4-7H,1-3H3,(H,24,25)(H2,21,22,23). The summed E-state index contributed by atoms with van der Waals surface area (Å²) in [5, 5.41) is 20.1. The number of aromatic amines is 1. The normalized spacial score (nSPS) is 11.0. The van der Waals surface area contributed by atoms with Crippen LogP contribution in [-0.4, -0.2) is 21.2 Å². The van der Waals surface area contributed by atoms with E-state index < -0.39 is 11.5 Å². The number of fused-ring (bicyclic) bond motifs is 1. The minimum atomic E-state index is -1.21. The van der Waals surface area contributed by atoms with Gasteiger partial charge in [-0.25, -0.2) is 4.79 Å². The molecule has 25 heavy (non-hydrogen) atoms. The molecule has 0 aliphatic rings. The highest BCUT2D eigenvalue weighted by atomic mass is 35.5. The number of nitrogens with one attached hydrogen (secondary N) is 1. The van der Waals surface area contributed by atoms with Crippen LogP contribution in [0.2, 0.25) is 5.02 Å². The molecule has 128 valence electrons. The number of aryl methyl sites for hydroxylation is 2. The molecule has 3 rings (SSSR count). The molecule has 1 aromatic heterocycles. The first-order chi connectivity index (χ1) is 11.7. The highest BCUT2D eigenvalue weighted by molar-refractivity contribution is 6.34. The maximum atomic E-state index is 12.5. The van der Waals surface area contributed by atoms with Crippen LogP contribution in [0, 0.1) is 20.8 Å². The monoisotopic (exact) mass is 357 g/mol. The van der Waals surface area contributed by atoms with Crippen LogP contribution in [-0.2, 0) is 0 Å². The lowest BCUT2D eigenvalue weighted by atomic mass is 9.95. The number of carboxylic acids is 1. The Morgan fingerprint density at radius 2 is 1.68 bits per heavy atom. The predicted octanol–water partition coefficient (Wildman–Crippen LogP) is 4.18. The summed E-state index contributed by atoms with van der Waals surface area (Å²) >= 11 is 5.93. The molecule has 0 atom stereocenters. The zero-order valence-corrected chi connectivity index (χ0v) is 14.7. The number of H-pyrrole nitrogens is 1. The average Bonchev–Trinajstić information content (AvgIpc) is 2.51. The van der Waals surface area contributed by atoms with Gasteiger partial charge in [0.1, 0.15) is 5.75 Å². The van der Waals surface area contributed by atoms with E-state index in [4.69, 9.17) is 11.6 Å². The van der Waals surface area contributed by atoms with Crippen molar-refractivity contribution in [3.8, 4) is 16.9 Å². The van der Waals surface area contributed by atoms with Gasteiger partial charge in [-0.3, -0.25) is 4.79 Å². The molecular formula is C19H16ClNO4. The zero-order valence-electron chi connectivity index (χ0n) is 13.9. The van der Waals surface area contributed by atoms with Crippen LogP contribution in [0.5, 0.6) is 5.75 Å². The van der Waals surface area contributed by atoms with Crippen molar-refractivity contribution in [3.63, 3.8) is 0 Å². The van der Waals surface area contributed by atoms with Gasteiger partial charge < -0.3 is 15.2 Å². The van der Waals surface area contributed by atoms with Crippen LogP contribution in [0.4, 0.5) is 0 Å². The van der Waals surface area contributed by atoms with Gasteiger partial charge in [0.15, 0.2) is 0 Å². The molecule has 5 nitrogen and oxygen atoms in total. The van der Waals surface area contributed by atoms with E-state index >= 15 is 0 Å². The van der Waals surface area contributed by atoms with Gasteiger partial charge in [-0.05, 0) is 55.2 Å². The van der Waals surface area contributed by atoms with E-state index in [1.54, 1.807) is 0 Å². The lowest BCUT2D eigenvalue weighted by molar-refractivity contribution is 0.0697. The van der Waals surface area contributed by atoms with Gasteiger partial charge in [0.05, 0.1) is 21.7 Å². The van der Waals surface area contributed by atoms with Gasteiger partial charge >= 0.3 is 5.97 Å². The average molecular weight is 358 g/mol. The Balaban J connectivity index is 2.39. The Kier molecular flexibility index (Phi) is 4.05. The van der Waals surface area contributed by atoms with Crippen molar-refractivity contribution in [2.75, 3.05) is 0 Å². The van der Waals surface area contributed by atoms with Crippen LogP contribution >= 0.6 is 11.6 Å². The SMILES string of the molecule is Cc1cc(-c2c(O)c3cc(C(=O)O)c(Cl)cc3[nH]c2=O)cc(C)c1C. The Morgan fingerprint density at radius 1 is 1.08 bits per heavy atom. The Hall–Kier alpha value is -2.79. The first-order valence-corrected chi connectivity index (χ1v) is 7.98. The van der Waals surface area contributed by atoms with Gasteiger partial charge in [-0.1, -0.05) is 23.7 Å². The molecule has 0 amide bonds. The van der Waals surface area contributed by atoms with Crippen molar-refractivity contribution < 1.29 is 15.0 Å². The van der Waals surface area contributed by atoms with E-state index in [2.05, 4.69) is 4.98 Å². The molecule has 3 N–H and O–H groups in total. The van der Waals surface area contributed by atoms with Crippen molar-refractivity contribution in [2.24, 2.45) is 0 Å². The highest BCUT2D eigenvalue weighted by Gasteiger charge is 2.18. The van der Waals surface area contributed by atoms with Crippen LogP contribution in [0.1, 0.15) is 27.0 Å². The molecule has 0 radical (unpaired) electrons. The van der Waals surface area contributed by atoms with Crippen molar-refractivity contribution >= 4 is 28.5 Å². The maximum Gasteiger partial charge on any atom is 0.337 e. The molecule has 3 aromatic rings. The van der Waals surface area contributed by atoms with Gasteiger partial charge in [-0.15, -0.1) is 0 Å². The van der Waals surface area contributed by atoms with E-state index in [-0.39, 0.29) is 32.8 Å². The predicted molar refractivity (Wildman–Crippen MR) is 97.8 cm³/mol. The summed E-state index contributed by atoms with van der Waals surface area (Å²) in [6.45, 7) is 5.85. The summed E-state index contributed by atoms with van der Waals surface area (Å²) in [4.78, 5) is 26.5. The third kappa shape index (κ3) is 2.76. The number of aromatic hydroxyl groups is 1. The fourth-order valence-electron chi connectivity index (χ4n) is 2.91. The number of benzene rings is 2. The topological polar surface area (TPSA) is 90.4 Å². The number of carboxylic acid groups (broad SMARTS) is 1. The summed E-state index contributed by atoms with van der Waals surface area (Å²) in [5.74, 6) is -1.47. The van der Waals surface area contributed by atoms with Gasteiger partial charge in [0.25, 0.3) is 5.56 Å². The van der Waals surface area contributed by atoms with Gasteiger partial charge in [0, 0.05) is 5.39 Å². The van der Waals surface area contributed by atoms with Crippen molar-refractivity contribution in [3.05, 3.63) is 61.9 Å². The molecule has 0 saturated heterocycles. The number of carbonyl (C=O) groups is 1. The molecule has 0 spiro atoms. The van der Waals surface area contributed by atoms with Crippen LogP contribution < -0.4 is 5.56 Å². The quantitative estimate of drug-likeness (QED) is 0.641. The highest BCUT2D eigenvalue weighted by Crippen LogP contribution is 2.35. The van der Waals surface area contributed by atoms with Crippen molar-refractivity contribution in [2.45, 2.75) is 20.8 Å². The van der Waals surface area contributed by atoms with E-state index in [1.165, 1.54) is 12.1 Å². The maximum absolute atomic E-state index is 12.5. The molecule has 2 aromatic carbocycles. The van der Waals surface area contributed by atoms with Crippen LogP contribution in [0.15, 0.2) is 29.1 Å². The summed E-state index contributed by atoms with van der Waals surface area (Å²) in [5.41, 5.74) is 3.46. The zero-order chi connectivity index (χ0) is 18.5. The summed E-state index contributed by atoms with van der Waals surface area (Å²) in [6.07, 6.45) is 0. The number of aromatic nitrogens is 1. The second-order valence-corrected chi connectivity index (χ2v) is 6.50. The van der Waals surface area contributed by atoms with Gasteiger partial charge in [0.2, 0.25) is 0 Å². The summed E-state index contributed by atoms with van der Waals surface area (Å²) < 4.78 is 0. The fourth-order valence-corrected chi connectivity index (χ4v) is 3.16. The molecule has 0 aliphatic carbocycles. The Labute approximate surface area is 148 Å². The Bertz CT molecular complexity index is 1080. The number of hydrogen-bond acceptors (Lipinski definition) is 3. The number of halogens is 1. The fraction of sp³-hybridized carbons (Fsp3) is 0.158. The van der Waals surface area contributed by atoms with E-state index in [0.29, 0.717) is 5.56 Å². The summed E-state index contributed by atoms with van der Waals surface area (Å²) in [6, 6.07) is 6.25. The minimum Gasteiger partial charge on any atom is -0.506 e. The van der Waals surface area contributed by atoms with E-state index in [1.807, 2.05) is 32.9 Å². The largest absolute Gasteiger partial charge is 0.506 e. The van der Waals surface area contributed by atoms with Crippen molar-refractivity contribution in [1.82, 2.24) is 4.98 Å². The van der Waals surface area contributed by atoms with Crippen LogP contribution in [0.3, 0.4) is 0 Å². The third-order valence-corrected chi connectivity index (χ3v) is 4.83. The van der Waals surface area contributed by atoms with Gasteiger partial charge in [-0.2, -0.15) is 0 Å². The molecule has 0 bridgehead atoms. The van der Waals surface area contributed by atoms with Crippen molar-refractivity contribution in [1.29, 1.82) is 0 Å². The third-order valence-electron chi connectivity index (χ3n) is 4.52. The molecule has 6 heteroatoms. The molecule has 0 unspecified atom stereocenters. The number of pyridine rings is 1.